The van der Waals surface area contributed by atoms with Crippen molar-refractivity contribution in [2.24, 2.45) is 5.73 Å². The molecule has 0 atom stereocenters. The highest BCUT2D eigenvalue weighted by Crippen LogP contribution is 2.29. The summed E-state index contributed by atoms with van der Waals surface area (Å²) in [5, 5.41) is 2.74. The fourth-order valence-electron chi connectivity index (χ4n) is 1.79. The summed E-state index contributed by atoms with van der Waals surface area (Å²) in [6, 6.07) is 6.18. The van der Waals surface area contributed by atoms with Crippen molar-refractivity contribution in [1.29, 1.82) is 0 Å². The highest BCUT2D eigenvalue weighted by atomic mass is 35.5. The number of nitrogens with two attached hydrogens (primary N) is 1. The van der Waals surface area contributed by atoms with E-state index >= 15 is 0 Å². The molecule has 1 aromatic carbocycles. The largest absolute Gasteiger partial charge is 0.350 e. The normalized spacial score (nSPS) is 16.6. The number of carbonyl (C=O) groups is 1. The first-order valence-electron chi connectivity index (χ1n) is 5.42. The minimum Gasteiger partial charge on any atom is -0.350 e. The molecule has 94 valence electrons. The third kappa shape index (κ3) is 3.17. The van der Waals surface area contributed by atoms with Crippen LogP contribution in [0.25, 0.3) is 0 Å². The molecule has 3 N–H and O–H groups in total. The minimum atomic E-state index is -0.687. The van der Waals surface area contributed by atoms with Crippen LogP contribution in [0.5, 0.6) is 0 Å². The molecule has 5 heteroatoms. The predicted molar refractivity (Wildman–Crippen MR) is 66.3 cm³/mol. The molecular formula is C12H16ClFN2O. The molecule has 3 nitrogen and oxygen atoms in total. The zero-order valence-electron chi connectivity index (χ0n) is 9.41. The van der Waals surface area contributed by atoms with Gasteiger partial charge in [0.05, 0.1) is 5.54 Å². The summed E-state index contributed by atoms with van der Waals surface area (Å²) in [7, 11) is 0. The van der Waals surface area contributed by atoms with E-state index in [0.29, 0.717) is 6.54 Å². The molecule has 0 saturated heterocycles. The Hall–Kier alpha value is -1.13. The van der Waals surface area contributed by atoms with Crippen LogP contribution in [-0.2, 0) is 11.3 Å². The van der Waals surface area contributed by atoms with E-state index in [4.69, 9.17) is 5.73 Å². The van der Waals surface area contributed by atoms with Crippen LogP contribution >= 0.6 is 12.4 Å². The van der Waals surface area contributed by atoms with E-state index in [1.807, 2.05) is 0 Å². The average Bonchev–Trinajstić information content (AvgIpc) is 2.22. The van der Waals surface area contributed by atoms with Gasteiger partial charge < -0.3 is 11.1 Å². The number of hydrogen-bond donors (Lipinski definition) is 2. The van der Waals surface area contributed by atoms with Gasteiger partial charge in [-0.3, -0.25) is 4.79 Å². The summed E-state index contributed by atoms with van der Waals surface area (Å²) >= 11 is 0. The number of benzene rings is 1. The van der Waals surface area contributed by atoms with Gasteiger partial charge in [-0.2, -0.15) is 0 Å². The second kappa shape index (κ2) is 5.47. The molecule has 2 rings (SSSR count). The van der Waals surface area contributed by atoms with Crippen molar-refractivity contribution in [1.82, 2.24) is 5.32 Å². The summed E-state index contributed by atoms with van der Waals surface area (Å²) in [6.07, 6.45) is 2.48. The fourth-order valence-corrected chi connectivity index (χ4v) is 1.79. The van der Waals surface area contributed by atoms with Crippen LogP contribution in [0, 0.1) is 5.82 Å². The van der Waals surface area contributed by atoms with Crippen molar-refractivity contribution >= 4 is 18.3 Å². The molecule has 0 spiro atoms. The molecule has 1 saturated carbocycles. The van der Waals surface area contributed by atoms with Gasteiger partial charge in [-0.1, -0.05) is 12.1 Å². The highest BCUT2D eigenvalue weighted by Gasteiger charge is 2.39. The Labute approximate surface area is 106 Å². The molecule has 1 aliphatic rings. The molecular weight excluding hydrogens is 243 g/mol. The number of carbonyl (C=O) groups excluding carboxylic acids is 1. The quantitative estimate of drug-likeness (QED) is 0.868. The van der Waals surface area contributed by atoms with Gasteiger partial charge in [0.1, 0.15) is 5.82 Å². The molecule has 1 amide bonds. The lowest BCUT2D eigenvalue weighted by Crippen LogP contribution is -2.58. The maximum atomic E-state index is 12.9. The first kappa shape index (κ1) is 13.9. The number of nitrogens with one attached hydrogen (secondary N) is 1. The van der Waals surface area contributed by atoms with E-state index in [9.17, 15) is 9.18 Å². The molecule has 0 radical (unpaired) electrons. The van der Waals surface area contributed by atoms with Gasteiger partial charge in [-0.25, -0.2) is 4.39 Å². The van der Waals surface area contributed by atoms with Gasteiger partial charge in [0.25, 0.3) is 0 Å². The number of rotatable bonds is 3. The number of hydrogen-bond acceptors (Lipinski definition) is 2. The second-order valence-electron chi connectivity index (χ2n) is 4.32. The molecule has 1 fully saturated rings. The van der Waals surface area contributed by atoms with Crippen LogP contribution in [0.15, 0.2) is 24.3 Å². The van der Waals surface area contributed by atoms with E-state index in [1.165, 1.54) is 12.1 Å². The molecule has 0 aromatic heterocycles. The smallest absolute Gasteiger partial charge is 0.240 e. The molecule has 17 heavy (non-hydrogen) atoms. The fraction of sp³-hybridized carbons (Fsp3) is 0.417. The summed E-state index contributed by atoms with van der Waals surface area (Å²) in [6.45, 7) is 0.329. The van der Waals surface area contributed by atoms with E-state index in [2.05, 4.69) is 5.32 Å². The Morgan fingerprint density at radius 2 is 2.18 bits per heavy atom. The highest BCUT2D eigenvalue weighted by molar-refractivity contribution is 5.86. The van der Waals surface area contributed by atoms with Gasteiger partial charge >= 0.3 is 0 Å². The zero-order valence-corrected chi connectivity index (χ0v) is 10.2. The minimum absolute atomic E-state index is 0. The first-order chi connectivity index (χ1) is 7.60. The van der Waals surface area contributed by atoms with Crippen molar-refractivity contribution in [3.63, 3.8) is 0 Å². The van der Waals surface area contributed by atoms with Crippen LogP contribution < -0.4 is 11.1 Å². The van der Waals surface area contributed by atoms with E-state index in [-0.39, 0.29) is 24.1 Å². The third-order valence-corrected chi connectivity index (χ3v) is 3.04. The van der Waals surface area contributed by atoms with Crippen molar-refractivity contribution < 1.29 is 9.18 Å². The summed E-state index contributed by atoms with van der Waals surface area (Å²) in [5.41, 5.74) is 5.91. The molecule has 1 aromatic rings. The van der Waals surface area contributed by atoms with Crippen molar-refractivity contribution in [3.8, 4) is 0 Å². The van der Waals surface area contributed by atoms with Gasteiger partial charge in [-0.05, 0) is 37.0 Å². The Morgan fingerprint density at radius 3 is 2.71 bits per heavy atom. The summed E-state index contributed by atoms with van der Waals surface area (Å²) in [5.74, 6) is -0.430. The van der Waals surface area contributed by atoms with Gasteiger partial charge in [0.15, 0.2) is 0 Å². The Bertz CT molecular complexity index is 407. The van der Waals surface area contributed by atoms with Gasteiger partial charge in [0.2, 0.25) is 5.91 Å². The Kier molecular flexibility index (Phi) is 4.48. The lowest BCUT2D eigenvalue weighted by molar-refractivity contribution is -0.129. The van der Waals surface area contributed by atoms with E-state index in [1.54, 1.807) is 12.1 Å². The SMILES string of the molecule is Cl.NC1(C(=O)NCc2cccc(F)c2)CCC1. The van der Waals surface area contributed by atoms with Crippen LogP contribution in [0.2, 0.25) is 0 Å². The average molecular weight is 259 g/mol. The van der Waals surface area contributed by atoms with E-state index in [0.717, 1.165) is 24.8 Å². The summed E-state index contributed by atoms with van der Waals surface area (Å²) in [4.78, 5) is 11.7. The van der Waals surface area contributed by atoms with E-state index < -0.39 is 5.54 Å². The Morgan fingerprint density at radius 1 is 1.47 bits per heavy atom. The maximum absolute atomic E-state index is 12.9. The standard InChI is InChI=1S/C12H15FN2O.ClH/c13-10-4-1-3-9(7-10)8-15-11(16)12(14)5-2-6-12;/h1,3-4,7H,2,5-6,8,14H2,(H,15,16);1H. The third-order valence-electron chi connectivity index (χ3n) is 3.04. The Balaban J connectivity index is 0.00000144. The second-order valence-corrected chi connectivity index (χ2v) is 4.32. The van der Waals surface area contributed by atoms with Crippen LogP contribution in [0.3, 0.4) is 0 Å². The molecule has 1 aliphatic carbocycles. The zero-order chi connectivity index (χ0) is 11.6. The van der Waals surface area contributed by atoms with Crippen LogP contribution in [-0.4, -0.2) is 11.4 Å². The van der Waals surface area contributed by atoms with Crippen LogP contribution in [0.1, 0.15) is 24.8 Å². The predicted octanol–water partition coefficient (Wildman–Crippen LogP) is 1.75. The number of halogens is 2. The van der Waals surface area contributed by atoms with Gasteiger partial charge in [-0.15, -0.1) is 12.4 Å². The lowest BCUT2D eigenvalue weighted by atomic mass is 9.77. The van der Waals surface area contributed by atoms with Crippen molar-refractivity contribution in [3.05, 3.63) is 35.6 Å². The molecule has 0 bridgehead atoms. The summed E-state index contributed by atoms with van der Waals surface area (Å²) < 4.78 is 12.9. The maximum Gasteiger partial charge on any atom is 0.240 e. The first-order valence-corrected chi connectivity index (χ1v) is 5.42. The van der Waals surface area contributed by atoms with Crippen LogP contribution in [0.4, 0.5) is 4.39 Å². The topological polar surface area (TPSA) is 55.1 Å². The lowest BCUT2D eigenvalue weighted by Gasteiger charge is -2.36. The van der Waals surface area contributed by atoms with Crippen molar-refractivity contribution in [2.75, 3.05) is 0 Å². The molecule has 0 unspecified atom stereocenters. The molecule has 0 aliphatic heterocycles. The van der Waals surface area contributed by atoms with Crippen molar-refractivity contribution in [2.45, 2.75) is 31.3 Å². The molecule has 0 heterocycles. The number of amides is 1. The monoisotopic (exact) mass is 258 g/mol. The van der Waals surface area contributed by atoms with Gasteiger partial charge in [0, 0.05) is 6.54 Å².